The maximum Gasteiger partial charge on any atom is 0.261 e. The van der Waals surface area contributed by atoms with Gasteiger partial charge in [0.05, 0.1) is 0 Å². The Hall–Kier alpha value is -1.62. The molecule has 20 heavy (non-hydrogen) atoms. The van der Waals surface area contributed by atoms with Gasteiger partial charge in [-0.25, -0.2) is 4.39 Å². The molecule has 0 bridgehead atoms. The van der Waals surface area contributed by atoms with E-state index in [1.165, 1.54) is 24.3 Å². The van der Waals surface area contributed by atoms with Crippen molar-refractivity contribution in [3.05, 3.63) is 30.1 Å². The lowest BCUT2D eigenvalue weighted by Gasteiger charge is -2.17. The van der Waals surface area contributed by atoms with Gasteiger partial charge in [0.2, 0.25) is 0 Å². The van der Waals surface area contributed by atoms with Crippen LogP contribution in [0.2, 0.25) is 0 Å². The van der Waals surface area contributed by atoms with Crippen LogP contribution in [-0.2, 0) is 9.53 Å². The summed E-state index contributed by atoms with van der Waals surface area (Å²) in [6.07, 6.45) is 0.758. The first-order valence-corrected chi connectivity index (χ1v) is 6.95. The van der Waals surface area contributed by atoms with Crippen LogP contribution in [0.4, 0.5) is 4.39 Å². The van der Waals surface area contributed by atoms with E-state index in [9.17, 15) is 9.18 Å². The Bertz CT molecular complexity index is 395. The van der Waals surface area contributed by atoms with Crippen LogP contribution in [-0.4, -0.2) is 31.8 Å². The molecule has 0 fully saturated rings. The van der Waals surface area contributed by atoms with E-state index in [-0.39, 0.29) is 11.7 Å². The standard InChI is InChI=1S/C15H22FNO3/c1-3-14(15(18)17-10-5-11-19-4-2)20-13-8-6-12(16)7-9-13/h6-9,14H,3-5,10-11H2,1-2H3,(H,17,18)/t14-/m0/s1. The van der Waals surface area contributed by atoms with Gasteiger partial charge in [0.15, 0.2) is 6.10 Å². The lowest BCUT2D eigenvalue weighted by Crippen LogP contribution is -2.38. The van der Waals surface area contributed by atoms with Crippen LogP contribution < -0.4 is 10.1 Å². The second-order valence-electron chi connectivity index (χ2n) is 4.31. The quantitative estimate of drug-likeness (QED) is 0.708. The number of amides is 1. The van der Waals surface area contributed by atoms with Crippen molar-refractivity contribution >= 4 is 5.91 Å². The number of rotatable bonds is 9. The number of hydrogen-bond donors (Lipinski definition) is 1. The SMILES string of the molecule is CCOCCCNC(=O)[C@H](CC)Oc1ccc(F)cc1. The molecule has 1 rings (SSSR count). The number of halogens is 1. The van der Waals surface area contributed by atoms with Crippen molar-refractivity contribution in [1.29, 1.82) is 0 Å². The van der Waals surface area contributed by atoms with Crippen LogP contribution in [0, 0.1) is 5.82 Å². The molecule has 0 heterocycles. The molecule has 5 heteroatoms. The zero-order valence-corrected chi connectivity index (χ0v) is 12.0. The minimum absolute atomic E-state index is 0.159. The Kier molecular flexibility index (Phi) is 7.65. The summed E-state index contributed by atoms with van der Waals surface area (Å²) in [6.45, 7) is 5.67. The highest BCUT2D eigenvalue weighted by molar-refractivity contribution is 5.81. The molecule has 0 aliphatic rings. The Morgan fingerprint density at radius 1 is 1.30 bits per heavy atom. The topological polar surface area (TPSA) is 47.6 Å². The molecule has 0 spiro atoms. The van der Waals surface area contributed by atoms with E-state index in [0.29, 0.717) is 31.9 Å². The normalized spacial score (nSPS) is 11.9. The molecule has 0 aliphatic heterocycles. The Morgan fingerprint density at radius 2 is 2.00 bits per heavy atom. The first-order valence-electron chi connectivity index (χ1n) is 6.95. The summed E-state index contributed by atoms with van der Waals surface area (Å²) in [4.78, 5) is 11.9. The highest BCUT2D eigenvalue weighted by Gasteiger charge is 2.17. The lowest BCUT2D eigenvalue weighted by atomic mass is 10.2. The van der Waals surface area contributed by atoms with Crippen molar-refractivity contribution < 1.29 is 18.7 Å². The van der Waals surface area contributed by atoms with E-state index in [1.54, 1.807) is 0 Å². The number of ether oxygens (including phenoxy) is 2. The van der Waals surface area contributed by atoms with Crippen LogP contribution in [0.1, 0.15) is 26.7 Å². The molecule has 0 saturated carbocycles. The molecule has 1 amide bonds. The van der Waals surface area contributed by atoms with Gasteiger partial charge in [0.1, 0.15) is 11.6 Å². The third kappa shape index (κ3) is 6.02. The lowest BCUT2D eigenvalue weighted by molar-refractivity contribution is -0.128. The van der Waals surface area contributed by atoms with Gasteiger partial charge < -0.3 is 14.8 Å². The van der Waals surface area contributed by atoms with Crippen molar-refractivity contribution in [1.82, 2.24) is 5.32 Å². The number of hydrogen-bond acceptors (Lipinski definition) is 3. The minimum atomic E-state index is -0.562. The minimum Gasteiger partial charge on any atom is -0.481 e. The average molecular weight is 283 g/mol. The van der Waals surface area contributed by atoms with Crippen molar-refractivity contribution in [3.8, 4) is 5.75 Å². The van der Waals surface area contributed by atoms with Crippen LogP contribution in [0.15, 0.2) is 24.3 Å². The van der Waals surface area contributed by atoms with E-state index < -0.39 is 6.10 Å². The molecule has 1 N–H and O–H groups in total. The fourth-order valence-corrected chi connectivity index (χ4v) is 1.64. The van der Waals surface area contributed by atoms with E-state index >= 15 is 0 Å². The molecule has 0 aliphatic carbocycles. The van der Waals surface area contributed by atoms with Crippen molar-refractivity contribution in [3.63, 3.8) is 0 Å². The second kappa shape index (κ2) is 9.31. The van der Waals surface area contributed by atoms with E-state index in [2.05, 4.69) is 5.32 Å². The average Bonchev–Trinajstić information content (AvgIpc) is 2.46. The van der Waals surface area contributed by atoms with Crippen LogP contribution >= 0.6 is 0 Å². The largest absolute Gasteiger partial charge is 0.481 e. The van der Waals surface area contributed by atoms with Gasteiger partial charge in [-0.3, -0.25) is 4.79 Å². The molecule has 4 nitrogen and oxygen atoms in total. The van der Waals surface area contributed by atoms with Gasteiger partial charge in [0, 0.05) is 19.8 Å². The first-order chi connectivity index (χ1) is 9.67. The fourth-order valence-electron chi connectivity index (χ4n) is 1.64. The highest BCUT2D eigenvalue weighted by Crippen LogP contribution is 2.14. The summed E-state index contributed by atoms with van der Waals surface area (Å²) in [6, 6.07) is 5.64. The summed E-state index contributed by atoms with van der Waals surface area (Å²) in [5.74, 6) is 0.00168. The summed E-state index contributed by atoms with van der Waals surface area (Å²) < 4.78 is 23.5. The predicted molar refractivity (Wildman–Crippen MR) is 75.2 cm³/mol. The van der Waals surface area contributed by atoms with Crippen LogP contribution in [0.25, 0.3) is 0 Å². The van der Waals surface area contributed by atoms with Gasteiger partial charge in [0.25, 0.3) is 5.91 Å². The van der Waals surface area contributed by atoms with Gasteiger partial charge in [-0.2, -0.15) is 0 Å². The molecular weight excluding hydrogens is 261 g/mol. The molecule has 1 atom stereocenters. The summed E-state index contributed by atoms with van der Waals surface area (Å²) in [5.41, 5.74) is 0. The maximum atomic E-state index is 12.8. The monoisotopic (exact) mass is 283 g/mol. The van der Waals surface area contributed by atoms with E-state index in [4.69, 9.17) is 9.47 Å². The number of nitrogens with one attached hydrogen (secondary N) is 1. The number of carbonyl (C=O) groups excluding carboxylic acids is 1. The highest BCUT2D eigenvalue weighted by atomic mass is 19.1. The third-order valence-corrected chi connectivity index (χ3v) is 2.72. The van der Waals surface area contributed by atoms with E-state index in [0.717, 1.165) is 6.42 Å². The second-order valence-corrected chi connectivity index (χ2v) is 4.31. The molecule has 1 aromatic carbocycles. The Labute approximate surface area is 119 Å². The van der Waals surface area contributed by atoms with Crippen LogP contribution in [0.3, 0.4) is 0 Å². The summed E-state index contributed by atoms with van der Waals surface area (Å²) in [7, 11) is 0. The molecule has 112 valence electrons. The number of benzene rings is 1. The molecule has 0 aromatic heterocycles. The van der Waals surface area contributed by atoms with E-state index in [1.807, 2.05) is 13.8 Å². The Morgan fingerprint density at radius 3 is 2.60 bits per heavy atom. The smallest absolute Gasteiger partial charge is 0.261 e. The molecule has 0 radical (unpaired) electrons. The molecule has 0 saturated heterocycles. The first kappa shape index (κ1) is 16.4. The van der Waals surface area contributed by atoms with Crippen molar-refractivity contribution in [2.24, 2.45) is 0 Å². The zero-order valence-electron chi connectivity index (χ0n) is 12.0. The molecule has 0 unspecified atom stereocenters. The van der Waals surface area contributed by atoms with Crippen LogP contribution in [0.5, 0.6) is 5.75 Å². The number of carbonyl (C=O) groups is 1. The summed E-state index contributed by atoms with van der Waals surface area (Å²) in [5, 5.41) is 2.81. The van der Waals surface area contributed by atoms with Gasteiger partial charge in [-0.1, -0.05) is 6.92 Å². The third-order valence-electron chi connectivity index (χ3n) is 2.72. The van der Waals surface area contributed by atoms with Gasteiger partial charge in [-0.05, 0) is 44.0 Å². The maximum absolute atomic E-state index is 12.8. The summed E-state index contributed by atoms with van der Waals surface area (Å²) >= 11 is 0. The molecular formula is C15H22FNO3. The van der Waals surface area contributed by atoms with Gasteiger partial charge in [-0.15, -0.1) is 0 Å². The van der Waals surface area contributed by atoms with Gasteiger partial charge >= 0.3 is 0 Å². The van der Waals surface area contributed by atoms with Crippen molar-refractivity contribution in [2.45, 2.75) is 32.8 Å². The molecule has 1 aromatic rings. The Balaban J connectivity index is 2.37. The predicted octanol–water partition coefficient (Wildman–Crippen LogP) is 2.53. The van der Waals surface area contributed by atoms with Crippen molar-refractivity contribution in [2.75, 3.05) is 19.8 Å². The zero-order chi connectivity index (χ0) is 14.8. The fraction of sp³-hybridized carbons (Fsp3) is 0.533.